The van der Waals surface area contributed by atoms with Crippen LogP contribution in [-0.2, 0) is 6.54 Å². The van der Waals surface area contributed by atoms with Gasteiger partial charge in [0, 0.05) is 23.8 Å². The lowest BCUT2D eigenvalue weighted by Crippen LogP contribution is -2.19. The molecule has 0 fully saturated rings. The second-order valence-electron chi connectivity index (χ2n) is 5.11. The van der Waals surface area contributed by atoms with Gasteiger partial charge in [0.05, 0.1) is 16.6 Å². The van der Waals surface area contributed by atoms with Crippen molar-refractivity contribution in [1.82, 2.24) is 9.78 Å². The minimum Gasteiger partial charge on any atom is -0.332 e. The molecule has 0 bridgehead atoms. The maximum Gasteiger partial charge on any atom is 0.175 e. The highest BCUT2D eigenvalue weighted by molar-refractivity contribution is 7.80. The fraction of sp³-hybridized carbons (Fsp3) is 0.0588. The summed E-state index contributed by atoms with van der Waals surface area (Å²) < 4.78 is 1.87. The molecule has 1 heterocycles. The van der Waals surface area contributed by atoms with Crippen LogP contribution in [0.15, 0.2) is 60.9 Å². The molecule has 1 aromatic heterocycles. The summed E-state index contributed by atoms with van der Waals surface area (Å²) in [6.07, 6.45) is 3.70. The summed E-state index contributed by atoms with van der Waals surface area (Å²) >= 11 is 17.2. The number of benzene rings is 2. The molecule has 0 saturated carbocycles. The molecular weight excluding hydrogens is 363 g/mol. The first-order valence-electron chi connectivity index (χ1n) is 7.19. The van der Waals surface area contributed by atoms with E-state index in [1.807, 2.05) is 47.3 Å². The SMILES string of the molecule is S=C(Nc1ccc(Cn2cccn2)cc1)Nc1ccc(Cl)c(Cl)c1. The molecule has 2 aromatic carbocycles. The van der Waals surface area contributed by atoms with Crippen LogP contribution >= 0.6 is 35.4 Å². The molecule has 3 aromatic rings. The number of aromatic nitrogens is 2. The van der Waals surface area contributed by atoms with E-state index in [1.165, 1.54) is 0 Å². The lowest BCUT2D eigenvalue weighted by atomic mass is 10.2. The summed E-state index contributed by atoms with van der Waals surface area (Å²) in [5.74, 6) is 0. The molecule has 0 aliphatic rings. The van der Waals surface area contributed by atoms with Gasteiger partial charge in [-0.2, -0.15) is 5.10 Å². The van der Waals surface area contributed by atoms with Crippen molar-refractivity contribution in [3.05, 3.63) is 76.5 Å². The van der Waals surface area contributed by atoms with Crippen LogP contribution in [0, 0.1) is 0 Å². The highest BCUT2D eigenvalue weighted by Gasteiger charge is 2.03. The summed E-state index contributed by atoms with van der Waals surface area (Å²) in [5, 5.41) is 11.9. The third kappa shape index (κ3) is 4.47. The summed E-state index contributed by atoms with van der Waals surface area (Å²) in [4.78, 5) is 0. The molecule has 0 amide bonds. The van der Waals surface area contributed by atoms with E-state index in [4.69, 9.17) is 35.4 Å². The fourth-order valence-corrected chi connectivity index (χ4v) is 2.68. The predicted octanol–water partition coefficient (Wildman–Crippen LogP) is 5.05. The van der Waals surface area contributed by atoms with E-state index in [0.717, 1.165) is 23.5 Å². The Kier molecular flexibility index (Phi) is 5.35. The Morgan fingerprint density at radius 2 is 1.71 bits per heavy atom. The Bertz CT molecular complexity index is 832. The molecule has 0 radical (unpaired) electrons. The maximum absolute atomic E-state index is 5.99. The molecule has 0 atom stereocenters. The van der Waals surface area contributed by atoms with Gasteiger partial charge >= 0.3 is 0 Å². The highest BCUT2D eigenvalue weighted by Crippen LogP contribution is 2.25. The van der Waals surface area contributed by atoms with E-state index in [9.17, 15) is 0 Å². The Morgan fingerprint density at radius 1 is 1.00 bits per heavy atom. The number of hydrogen-bond acceptors (Lipinski definition) is 2. The van der Waals surface area contributed by atoms with Gasteiger partial charge in [-0.25, -0.2) is 0 Å². The van der Waals surface area contributed by atoms with Gasteiger partial charge in [0.25, 0.3) is 0 Å². The highest BCUT2D eigenvalue weighted by atomic mass is 35.5. The molecular formula is C17H14Cl2N4S. The predicted molar refractivity (Wildman–Crippen MR) is 104 cm³/mol. The number of nitrogens with one attached hydrogen (secondary N) is 2. The number of anilines is 2. The van der Waals surface area contributed by atoms with Crippen LogP contribution in [-0.4, -0.2) is 14.9 Å². The lowest BCUT2D eigenvalue weighted by Gasteiger charge is -2.11. The fourth-order valence-electron chi connectivity index (χ4n) is 2.14. The second-order valence-corrected chi connectivity index (χ2v) is 6.33. The Morgan fingerprint density at radius 3 is 2.38 bits per heavy atom. The maximum atomic E-state index is 5.99. The van der Waals surface area contributed by atoms with Crippen LogP contribution in [0.1, 0.15) is 5.56 Å². The molecule has 122 valence electrons. The van der Waals surface area contributed by atoms with Crippen LogP contribution in [0.3, 0.4) is 0 Å². The van der Waals surface area contributed by atoms with Crippen molar-refractivity contribution < 1.29 is 0 Å². The van der Waals surface area contributed by atoms with Crippen LogP contribution < -0.4 is 10.6 Å². The zero-order valence-electron chi connectivity index (χ0n) is 12.5. The van der Waals surface area contributed by atoms with E-state index in [2.05, 4.69) is 15.7 Å². The molecule has 0 saturated heterocycles. The van der Waals surface area contributed by atoms with Crippen molar-refractivity contribution in [1.29, 1.82) is 0 Å². The molecule has 4 nitrogen and oxygen atoms in total. The summed E-state index contributed by atoms with van der Waals surface area (Å²) in [6.45, 7) is 0.735. The van der Waals surface area contributed by atoms with Crippen molar-refractivity contribution in [3.8, 4) is 0 Å². The quantitative estimate of drug-likeness (QED) is 0.625. The molecule has 0 unspecified atom stereocenters. The number of halogens is 2. The Balaban J connectivity index is 1.58. The van der Waals surface area contributed by atoms with E-state index >= 15 is 0 Å². The van der Waals surface area contributed by atoms with Gasteiger partial charge < -0.3 is 10.6 Å². The first kappa shape index (κ1) is 16.8. The normalized spacial score (nSPS) is 10.4. The van der Waals surface area contributed by atoms with Crippen molar-refractivity contribution in [2.24, 2.45) is 0 Å². The van der Waals surface area contributed by atoms with Crippen molar-refractivity contribution >= 4 is 51.9 Å². The average molecular weight is 377 g/mol. The van der Waals surface area contributed by atoms with Crippen LogP contribution in [0.4, 0.5) is 11.4 Å². The van der Waals surface area contributed by atoms with E-state index < -0.39 is 0 Å². The van der Waals surface area contributed by atoms with Crippen molar-refractivity contribution in [3.63, 3.8) is 0 Å². The molecule has 7 heteroatoms. The smallest absolute Gasteiger partial charge is 0.175 e. The zero-order chi connectivity index (χ0) is 16.9. The molecule has 0 aliphatic carbocycles. The lowest BCUT2D eigenvalue weighted by molar-refractivity contribution is 0.687. The molecule has 0 spiro atoms. The van der Waals surface area contributed by atoms with Crippen LogP contribution in [0.5, 0.6) is 0 Å². The first-order valence-corrected chi connectivity index (χ1v) is 8.36. The Labute approximate surface area is 155 Å². The molecule has 3 rings (SSSR count). The minimum absolute atomic E-state index is 0.479. The molecule has 24 heavy (non-hydrogen) atoms. The van der Waals surface area contributed by atoms with E-state index in [0.29, 0.717) is 15.2 Å². The van der Waals surface area contributed by atoms with E-state index in [1.54, 1.807) is 18.3 Å². The minimum atomic E-state index is 0.479. The standard InChI is InChI=1S/C17H14Cl2N4S/c18-15-7-6-14(10-16(15)19)22-17(24)21-13-4-2-12(3-5-13)11-23-9-1-8-20-23/h1-10H,11H2,(H2,21,22,24). The van der Waals surface area contributed by atoms with Gasteiger partial charge in [-0.05, 0) is 54.2 Å². The largest absolute Gasteiger partial charge is 0.332 e. The third-order valence-corrected chi connectivity index (χ3v) is 4.24. The summed E-state index contributed by atoms with van der Waals surface area (Å²) in [5.41, 5.74) is 2.83. The Hall–Kier alpha value is -2.08. The number of rotatable bonds is 4. The first-order chi connectivity index (χ1) is 11.6. The number of hydrogen-bond donors (Lipinski definition) is 2. The van der Waals surface area contributed by atoms with E-state index in [-0.39, 0.29) is 0 Å². The van der Waals surface area contributed by atoms with Gasteiger partial charge in [0.2, 0.25) is 0 Å². The summed E-state index contributed by atoms with van der Waals surface area (Å²) in [7, 11) is 0. The van der Waals surface area contributed by atoms with Crippen LogP contribution in [0.25, 0.3) is 0 Å². The average Bonchev–Trinajstić information content (AvgIpc) is 3.06. The summed E-state index contributed by atoms with van der Waals surface area (Å²) in [6, 6.07) is 15.2. The molecule has 0 aliphatic heterocycles. The number of nitrogens with zero attached hydrogens (tertiary/aromatic N) is 2. The van der Waals surface area contributed by atoms with Crippen molar-refractivity contribution in [2.75, 3.05) is 10.6 Å². The van der Waals surface area contributed by atoms with Gasteiger partial charge in [-0.1, -0.05) is 35.3 Å². The van der Waals surface area contributed by atoms with Gasteiger partial charge in [0.1, 0.15) is 0 Å². The van der Waals surface area contributed by atoms with Crippen LogP contribution in [0.2, 0.25) is 10.0 Å². The van der Waals surface area contributed by atoms with Gasteiger partial charge in [-0.15, -0.1) is 0 Å². The van der Waals surface area contributed by atoms with Gasteiger partial charge in [-0.3, -0.25) is 4.68 Å². The third-order valence-electron chi connectivity index (χ3n) is 3.29. The zero-order valence-corrected chi connectivity index (χ0v) is 14.9. The topological polar surface area (TPSA) is 41.9 Å². The monoisotopic (exact) mass is 376 g/mol. The molecule has 2 N–H and O–H groups in total. The van der Waals surface area contributed by atoms with Gasteiger partial charge in [0.15, 0.2) is 5.11 Å². The number of thiocarbonyl (C=S) groups is 1. The van der Waals surface area contributed by atoms with Crippen molar-refractivity contribution in [2.45, 2.75) is 6.54 Å². The second kappa shape index (κ2) is 7.66.